The third kappa shape index (κ3) is 3.82. The van der Waals surface area contributed by atoms with E-state index >= 15 is 0 Å². The Labute approximate surface area is 159 Å². The molecule has 1 aromatic heterocycles. The average Bonchev–Trinajstić information content (AvgIpc) is 3.03. The fraction of sp³-hybridized carbons (Fsp3) is 0.227. The molecule has 0 aliphatic carbocycles. The third-order valence-electron chi connectivity index (χ3n) is 4.78. The van der Waals surface area contributed by atoms with Gasteiger partial charge in [0.05, 0.1) is 25.5 Å². The first-order chi connectivity index (χ1) is 13.0. The molecule has 5 nitrogen and oxygen atoms in total. The molecule has 2 N–H and O–H groups in total. The number of ether oxygens (including phenoxy) is 2. The van der Waals surface area contributed by atoms with Gasteiger partial charge in [-0.05, 0) is 37.1 Å². The molecule has 3 rings (SSSR count). The molecule has 0 saturated heterocycles. The lowest BCUT2D eigenvalue weighted by molar-refractivity contribution is 0.0999. The topological polar surface area (TPSA) is 66.5 Å². The summed E-state index contributed by atoms with van der Waals surface area (Å²) in [4.78, 5) is 11.9. The quantitative estimate of drug-likeness (QED) is 0.693. The standard InChI is InChI=1S/C22H24N2O3/c1-15-19(22(23)25)14-20(18-10-9-17(26-2)13-21(18)27-3)24(15)12-11-16-7-5-4-6-8-16/h4-10,13-14H,11-12H2,1-3H3,(H2,23,25). The monoisotopic (exact) mass is 364 g/mol. The zero-order valence-electron chi connectivity index (χ0n) is 15.9. The number of aryl methyl sites for hydroxylation is 1. The summed E-state index contributed by atoms with van der Waals surface area (Å²) in [6, 6.07) is 17.8. The summed E-state index contributed by atoms with van der Waals surface area (Å²) in [6.07, 6.45) is 0.847. The van der Waals surface area contributed by atoms with Gasteiger partial charge in [-0.2, -0.15) is 0 Å². The van der Waals surface area contributed by atoms with E-state index in [1.807, 2.05) is 49.4 Å². The van der Waals surface area contributed by atoms with Crippen molar-refractivity contribution in [3.05, 3.63) is 71.4 Å². The minimum atomic E-state index is -0.431. The second kappa shape index (κ2) is 7.99. The molecule has 0 bridgehead atoms. The SMILES string of the molecule is COc1ccc(-c2cc(C(N)=O)c(C)n2CCc2ccccc2)c(OC)c1. The van der Waals surface area contributed by atoms with E-state index in [4.69, 9.17) is 15.2 Å². The van der Waals surface area contributed by atoms with Crippen molar-refractivity contribution in [2.24, 2.45) is 5.73 Å². The van der Waals surface area contributed by atoms with Crippen LogP contribution in [0.25, 0.3) is 11.3 Å². The summed E-state index contributed by atoms with van der Waals surface area (Å²) in [6.45, 7) is 2.65. The molecule has 0 aliphatic rings. The summed E-state index contributed by atoms with van der Waals surface area (Å²) in [5.41, 5.74) is 10.00. The van der Waals surface area contributed by atoms with Crippen molar-refractivity contribution in [1.29, 1.82) is 0 Å². The van der Waals surface area contributed by atoms with Crippen molar-refractivity contribution in [1.82, 2.24) is 4.57 Å². The summed E-state index contributed by atoms with van der Waals surface area (Å²) in [7, 11) is 3.24. The first-order valence-corrected chi connectivity index (χ1v) is 8.81. The smallest absolute Gasteiger partial charge is 0.250 e. The Morgan fingerprint density at radius 3 is 2.41 bits per heavy atom. The number of carbonyl (C=O) groups excluding carboxylic acids is 1. The van der Waals surface area contributed by atoms with Gasteiger partial charge in [0, 0.05) is 23.9 Å². The van der Waals surface area contributed by atoms with Crippen molar-refractivity contribution in [2.75, 3.05) is 14.2 Å². The molecule has 5 heteroatoms. The Bertz CT molecular complexity index is 946. The number of carbonyl (C=O) groups is 1. The Balaban J connectivity index is 2.06. The molecule has 0 unspecified atom stereocenters. The number of hydrogen-bond acceptors (Lipinski definition) is 3. The van der Waals surface area contributed by atoms with Crippen LogP contribution in [-0.4, -0.2) is 24.7 Å². The Morgan fingerprint density at radius 1 is 1.04 bits per heavy atom. The third-order valence-corrected chi connectivity index (χ3v) is 4.78. The maximum Gasteiger partial charge on any atom is 0.250 e. The maximum atomic E-state index is 11.9. The van der Waals surface area contributed by atoms with Crippen LogP contribution in [0.3, 0.4) is 0 Å². The lowest BCUT2D eigenvalue weighted by Gasteiger charge is -2.15. The Morgan fingerprint density at radius 2 is 1.78 bits per heavy atom. The number of amides is 1. The van der Waals surface area contributed by atoms with E-state index in [0.29, 0.717) is 17.1 Å². The van der Waals surface area contributed by atoms with Gasteiger partial charge in [-0.15, -0.1) is 0 Å². The number of nitrogens with two attached hydrogens (primary N) is 1. The zero-order valence-corrected chi connectivity index (χ0v) is 15.9. The predicted molar refractivity (Wildman–Crippen MR) is 106 cm³/mol. The molecule has 140 valence electrons. The molecule has 0 aliphatic heterocycles. The van der Waals surface area contributed by atoms with Crippen molar-refractivity contribution in [3.63, 3.8) is 0 Å². The van der Waals surface area contributed by atoms with Crippen LogP contribution in [0, 0.1) is 6.92 Å². The van der Waals surface area contributed by atoms with Crippen LogP contribution < -0.4 is 15.2 Å². The van der Waals surface area contributed by atoms with Gasteiger partial charge < -0.3 is 19.8 Å². The van der Waals surface area contributed by atoms with Gasteiger partial charge in [-0.25, -0.2) is 0 Å². The van der Waals surface area contributed by atoms with Gasteiger partial charge in [-0.1, -0.05) is 30.3 Å². The Kier molecular flexibility index (Phi) is 5.50. The van der Waals surface area contributed by atoms with Crippen LogP contribution in [0.2, 0.25) is 0 Å². The summed E-state index contributed by atoms with van der Waals surface area (Å²) in [5, 5.41) is 0. The minimum absolute atomic E-state index is 0.431. The van der Waals surface area contributed by atoms with Crippen LogP contribution in [0.15, 0.2) is 54.6 Å². The summed E-state index contributed by atoms with van der Waals surface area (Å²) >= 11 is 0. The summed E-state index contributed by atoms with van der Waals surface area (Å²) < 4.78 is 13.0. The largest absolute Gasteiger partial charge is 0.497 e. The van der Waals surface area contributed by atoms with Crippen LogP contribution in [0.5, 0.6) is 11.5 Å². The highest BCUT2D eigenvalue weighted by atomic mass is 16.5. The first kappa shape index (κ1) is 18.6. The van der Waals surface area contributed by atoms with Crippen LogP contribution >= 0.6 is 0 Å². The molecule has 1 amide bonds. The molecule has 0 spiro atoms. The van der Waals surface area contributed by atoms with Gasteiger partial charge in [0.2, 0.25) is 0 Å². The molecule has 1 heterocycles. The highest BCUT2D eigenvalue weighted by Gasteiger charge is 2.19. The van der Waals surface area contributed by atoms with E-state index in [2.05, 4.69) is 16.7 Å². The van der Waals surface area contributed by atoms with Gasteiger partial charge in [0.25, 0.3) is 5.91 Å². The van der Waals surface area contributed by atoms with Crippen LogP contribution in [0.4, 0.5) is 0 Å². The number of primary amides is 1. The second-order valence-electron chi connectivity index (χ2n) is 6.35. The predicted octanol–water partition coefficient (Wildman–Crippen LogP) is 3.82. The molecule has 0 atom stereocenters. The molecule has 27 heavy (non-hydrogen) atoms. The van der Waals surface area contributed by atoms with Gasteiger partial charge >= 0.3 is 0 Å². The van der Waals surface area contributed by atoms with Crippen molar-refractivity contribution >= 4 is 5.91 Å². The number of methoxy groups -OCH3 is 2. The highest BCUT2D eigenvalue weighted by molar-refractivity contribution is 5.96. The number of hydrogen-bond donors (Lipinski definition) is 1. The van der Waals surface area contributed by atoms with E-state index in [9.17, 15) is 4.79 Å². The summed E-state index contributed by atoms with van der Waals surface area (Å²) in [5.74, 6) is 0.966. The first-order valence-electron chi connectivity index (χ1n) is 8.81. The van der Waals surface area contributed by atoms with E-state index in [1.54, 1.807) is 14.2 Å². The number of aromatic nitrogens is 1. The maximum absolute atomic E-state index is 11.9. The lowest BCUT2D eigenvalue weighted by Crippen LogP contribution is -2.13. The average molecular weight is 364 g/mol. The van der Waals surface area contributed by atoms with Crippen molar-refractivity contribution in [2.45, 2.75) is 19.9 Å². The molecule has 2 aromatic carbocycles. The van der Waals surface area contributed by atoms with E-state index in [-0.39, 0.29) is 0 Å². The van der Waals surface area contributed by atoms with Gasteiger partial charge in [0.1, 0.15) is 11.5 Å². The Hall–Kier alpha value is -3.21. The molecule has 0 saturated carbocycles. The van der Waals surface area contributed by atoms with Crippen LogP contribution in [0.1, 0.15) is 21.6 Å². The van der Waals surface area contributed by atoms with Gasteiger partial charge in [0.15, 0.2) is 0 Å². The van der Waals surface area contributed by atoms with E-state index < -0.39 is 5.91 Å². The molecular formula is C22H24N2O3. The van der Waals surface area contributed by atoms with Crippen LogP contribution in [-0.2, 0) is 13.0 Å². The van der Waals surface area contributed by atoms with Gasteiger partial charge in [-0.3, -0.25) is 4.79 Å². The number of nitrogens with zero attached hydrogens (tertiary/aromatic N) is 1. The molecule has 0 fully saturated rings. The van der Waals surface area contributed by atoms with Crippen molar-refractivity contribution < 1.29 is 14.3 Å². The minimum Gasteiger partial charge on any atom is -0.497 e. The fourth-order valence-corrected chi connectivity index (χ4v) is 3.30. The lowest BCUT2D eigenvalue weighted by atomic mass is 10.1. The molecule has 3 aromatic rings. The number of benzene rings is 2. The van der Waals surface area contributed by atoms with E-state index in [1.165, 1.54) is 5.56 Å². The second-order valence-corrected chi connectivity index (χ2v) is 6.35. The van der Waals surface area contributed by atoms with Crippen molar-refractivity contribution in [3.8, 4) is 22.8 Å². The molecule has 0 radical (unpaired) electrons. The highest BCUT2D eigenvalue weighted by Crippen LogP contribution is 2.35. The zero-order chi connectivity index (χ0) is 19.4. The fourth-order valence-electron chi connectivity index (χ4n) is 3.30. The molecular weight excluding hydrogens is 340 g/mol. The van der Waals surface area contributed by atoms with E-state index in [0.717, 1.165) is 29.9 Å². The number of rotatable bonds is 7. The normalized spacial score (nSPS) is 10.6.